The van der Waals surface area contributed by atoms with Crippen molar-refractivity contribution in [1.29, 1.82) is 0 Å². The fourth-order valence-corrected chi connectivity index (χ4v) is 5.23. The Bertz CT molecular complexity index is 1380. The number of carbonyl (C=O) groups excluding carboxylic acids is 2. The lowest BCUT2D eigenvalue weighted by Gasteiger charge is -2.26. The molecule has 7 nitrogen and oxygen atoms in total. The molecule has 1 N–H and O–H groups in total. The number of aliphatic hydroxyl groups is 1. The van der Waals surface area contributed by atoms with Crippen molar-refractivity contribution in [3.63, 3.8) is 0 Å². The third-order valence-corrected chi connectivity index (χ3v) is 7.16. The zero-order chi connectivity index (χ0) is 27.5. The third-order valence-electron chi connectivity index (χ3n) is 7.16. The number of rotatable bonds is 9. The van der Waals surface area contributed by atoms with Crippen molar-refractivity contribution in [2.24, 2.45) is 0 Å². The highest BCUT2D eigenvalue weighted by Gasteiger charge is 2.45. The van der Waals surface area contributed by atoms with Crippen LogP contribution in [0.25, 0.3) is 5.76 Å². The molecular weight excluding hydrogens is 492 g/mol. The van der Waals surface area contributed by atoms with Crippen molar-refractivity contribution in [2.75, 3.05) is 27.2 Å². The van der Waals surface area contributed by atoms with E-state index in [0.29, 0.717) is 30.9 Å². The van der Waals surface area contributed by atoms with Crippen LogP contribution in [-0.2, 0) is 22.6 Å². The van der Waals surface area contributed by atoms with E-state index in [2.05, 4.69) is 0 Å². The molecule has 202 valence electrons. The Labute approximate surface area is 229 Å². The molecular formula is C32H34N2O5. The number of likely N-dealkylation sites (tertiary alicyclic amines) is 1. The minimum absolute atomic E-state index is 0.0577. The average Bonchev–Trinajstić information content (AvgIpc) is 3.43. The van der Waals surface area contributed by atoms with Crippen molar-refractivity contribution in [3.8, 4) is 11.5 Å². The van der Waals surface area contributed by atoms with Gasteiger partial charge in [-0.1, -0.05) is 42.5 Å². The lowest BCUT2D eigenvalue weighted by Crippen LogP contribution is -2.32. The maximum absolute atomic E-state index is 13.4. The molecule has 1 saturated heterocycles. The molecule has 39 heavy (non-hydrogen) atoms. The molecule has 0 aromatic heterocycles. The SMILES string of the molecule is CC1Cc2cc(C(O)=C3C(=O)C(=O)N(CCCN(C)C)C3c3ccc(OCc4ccccc4)cc3)ccc2O1. The molecule has 1 amide bonds. The van der Waals surface area contributed by atoms with Gasteiger partial charge < -0.3 is 24.4 Å². The zero-order valence-corrected chi connectivity index (χ0v) is 22.6. The Morgan fingerprint density at radius 2 is 1.79 bits per heavy atom. The molecule has 2 unspecified atom stereocenters. The van der Waals surface area contributed by atoms with Gasteiger partial charge in [-0.3, -0.25) is 9.59 Å². The van der Waals surface area contributed by atoms with Gasteiger partial charge in [-0.2, -0.15) is 0 Å². The van der Waals surface area contributed by atoms with Crippen LogP contribution in [0.4, 0.5) is 0 Å². The van der Waals surface area contributed by atoms with E-state index in [-0.39, 0.29) is 17.4 Å². The Balaban J connectivity index is 1.47. The van der Waals surface area contributed by atoms with E-state index >= 15 is 0 Å². The first-order valence-electron chi connectivity index (χ1n) is 13.3. The standard InChI is InChI=1S/C32H34N2O5/c1-21-18-25-19-24(12-15-27(25)39-21)30(35)28-29(34(32(37)31(28)36)17-7-16-33(2)3)23-10-13-26(14-11-23)38-20-22-8-5-4-6-9-22/h4-6,8-15,19,21,29,35H,7,16-18,20H2,1-3H3. The number of carbonyl (C=O) groups is 2. The van der Waals surface area contributed by atoms with Crippen molar-refractivity contribution in [1.82, 2.24) is 9.80 Å². The molecule has 3 aromatic rings. The minimum Gasteiger partial charge on any atom is -0.507 e. The summed E-state index contributed by atoms with van der Waals surface area (Å²) >= 11 is 0. The Kier molecular flexibility index (Phi) is 7.70. The molecule has 0 spiro atoms. The number of benzene rings is 3. The van der Waals surface area contributed by atoms with Crippen molar-refractivity contribution < 1.29 is 24.2 Å². The minimum atomic E-state index is -0.696. The summed E-state index contributed by atoms with van der Waals surface area (Å²) in [6.07, 6.45) is 1.48. The van der Waals surface area contributed by atoms with E-state index < -0.39 is 17.7 Å². The molecule has 2 atom stereocenters. The first-order chi connectivity index (χ1) is 18.8. The number of ketones is 1. The second kappa shape index (κ2) is 11.3. The Morgan fingerprint density at radius 3 is 2.51 bits per heavy atom. The van der Waals surface area contributed by atoms with Crippen LogP contribution in [0.3, 0.4) is 0 Å². The number of nitrogens with zero attached hydrogens (tertiary/aromatic N) is 2. The van der Waals surface area contributed by atoms with Crippen LogP contribution in [0, 0.1) is 0 Å². The van der Waals surface area contributed by atoms with Gasteiger partial charge in [0.05, 0.1) is 11.6 Å². The van der Waals surface area contributed by atoms with Gasteiger partial charge in [-0.25, -0.2) is 0 Å². The number of hydrogen-bond donors (Lipinski definition) is 1. The van der Waals surface area contributed by atoms with E-state index in [1.54, 1.807) is 11.0 Å². The summed E-state index contributed by atoms with van der Waals surface area (Å²) in [5.74, 6) is 0.0330. The van der Waals surface area contributed by atoms with Crippen molar-refractivity contribution in [3.05, 3.63) is 101 Å². The summed E-state index contributed by atoms with van der Waals surface area (Å²) in [6, 6.07) is 22.0. The molecule has 0 bridgehead atoms. The molecule has 2 aliphatic rings. The zero-order valence-electron chi connectivity index (χ0n) is 22.6. The van der Waals surface area contributed by atoms with E-state index in [1.165, 1.54) is 0 Å². The molecule has 2 aliphatic heterocycles. The van der Waals surface area contributed by atoms with Gasteiger partial charge in [0.1, 0.15) is 30.0 Å². The second-order valence-corrected chi connectivity index (χ2v) is 10.4. The first kappa shape index (κ1) is 26.5. The van der Waals surface area contributed by atoms with Gasteiger partial charge in [-0.05, 0) is 81.0 Å². The maximum Gasteiger partial charge on any atom is 0.295 e. The lowest BCUT2D eigenvalue weighted by atomic mass is 9.94. The molecule has 2 heterocycles. The van der Waals surface area contributed by atoms with Crippen LogP contribution in [0.2, 0.25) is 0 Å². The quantitative estimate of drug-likeness (QED) is 0.241. The predicted octanol–water partition coefficient (Wildman–Crippen LogP) is 4.96. The van der Waals surface area contributed by atoms with Crippen LogP contribution in [0.15, 0.2) is 78.4 Å². The van der Waals surface area contributed by atoms with Crippen LogP contribution in [-0.4, -0.2) is 59.9 Å². The number of aliphatic hydroxyl groups excluding tert-OH is 1. The topological polar surface area (TPSA) is 79.3 Å². The van der Waals surface area contributed by atoms with Gasteiger partial charge >= 0.3 is 0 Å². The number of hydrogen-bond acceptors (Lipinski definition) is 6. The largest absolute Gasteiger partial charge is 0.507 e. The monoisotopic (exact) mass is 526 g/mol. The molecule has 0 radical (unpaired) electrons. The van der Waals surface area contributed by atoms with Gasteiger partial charge in [0.2, 0.25) is 0 Å². The Hall–Kier alpha value is -4.10. The normalized spacial score (nSPS) is 19.8. The number of amides is 1. The van der Waals surface area contributed by atoms with Gasteiger partial charge in [0, 0.05) is 18.5 Å². The van der Waals surface area contributed by atoms with Crippen molar-refractivity contribution in [2.45, 2.75) is 38.5 Å². The summed E-state index contributed by atoms with van der Waals surface area (Å²) in [5, 5.41) is 11.4. The van der Waals surface area contributed by atoms with Crippen LogP contribution >= 0.6 is 0 Å². The van der Waals surface area contributed by atoms with Gasteiger partial charge in [0.25, 0.3) is 11.7 Å². The molecule has 0 saturated carbocycles. The molecule has 0 aliphatic carbocycles. The number of Topliss-reactive ketones (excluding diaryl/α,β-unsaturated/α-hetero) is 1. The highest BCUT2D eigenvalue weighted by Crippen LogP contribution is 2.41. The first-order valence-corrected chi connectivity index (χ1v) is 13.3. The summed E-state index contributed by atoms with van der Waals surface area (Å²) in [7, 11) is 3.94. The highest BCUT2D eigenvalue weighted by molar-refractivity contribution is 6.46. The highest BCUT2D eigenvalue weighted by atomic mass is 16.5. The lowest BCUT2D eigenvalue weighted by molar-refractivity contribution is -0.139. The van der Waals surface area contributed by atoms with Crippen molar-refractivity contribution >= 4 is 17.4 Å². The maximum atomic E-state index is 13.4. The second-order valence-electron chi connectivity index (χ2n) is 10.4. The van der Waals surface area contributed by atoms with Crippen LogP contribution < -0.4 is 9.47 Å². The third kappa shape index (κ3) is 5.68. The summed E-state index contributed by atoms with van der Waals surface area (Å²) < 4.78 is 11.7. The predicted molar refractivity (Wildman–Crippen MR) is 150 cm³/mol. The summed E-state index contributed by atoms with van der Waals surface area (Å²) in [5.41, 5.74) is 3.39. The van der Waals surface area contributed by atoms with Crippen LogP contribution in [0.1, 0.15) is 41.6 Å². The summed E-state index contributed by atoms with van der Waals surface area (Å²) in [4.78, 5) is 30.2. The number of fused-ring (bicyclic) bond motifs is 1. The molecule has 1 fully saturated rings. The van der Waals surface area contributed by atoms with Gasteiger partial charge in [-0.15, -0.1) is 0 Å². The van der Waals surface area contributed by atoms with E-state index in [9.17, 15) is 14.7 Å². The average molecular weight is 527 g/mol. The van der Waals surface area contributed by atoms with E-state index in [4.69, 9.17) is 9.47 Å². The molecule has 7 heteroatoms. The molecule has 5 rings (SSSR count). The number of ether oxygens (including phenoxy) is 2. The molecule has 3 aromatic carbocycles. The van der Waals surface area contributed by atoms with E-state index in [0.717, 1.165) is 35.4 Å². The summed E-state index contributed by atoms with van der Waals surface area (Å²) in [6.45, 7) is 3.59. The van der Waals surface area contributed by atoms with Crippen LogP contribution in [0.5, 0.6) is 11.5 Å². The Morgan fingerprint density at radius 1 is 1.05 bits per heavy atom. The smallest absolute Gasteiger partial charge is 0.295 e. The van der Waals surface area contributed by atoms with Gasteiger partial charge in [0.15, 0.2) is 0 Å². The fourth-order valence-electron chi connectivity index (χ4n) is 5.23. The van der Waals surface area contributed by atoms with E-state index in [1.807, 2.05) is 92.6 Å². The fraction of sp³-hybridized carbons (Fsp3) is 0.312.